The summed E-state index contributed by atoms with van der Waals surface area (Å²) >= 11 is 0. The fraction of sp³-hybridized carbons (Fsp3) is 0.643. The fourth-order valence-electron chi connectivity index (χ4n) is 2.22. The van der Waals surface area contributed by atoms with Crippen molar-refractivity contribution >= 4 is 36.5 Å². The van der Waals surface area contributed by atoms with Gasteiger partial charge < -0.3 is 15.5 Å². The maximum absolute atomic E-state index is 11.9. The number of rotatable bonds is 7. The molecule has 0 aromatic carbocycles. The molecule has 2 heterocycles. The molecule has 1 aromatic heterocycles. The third kappa shape index (κ3) is 6.34. The molecule has 6 nitrogen and oxygen atoms in total. The van der Waals surface area contributed by atoms with Gasteiger partial charge in [-0.15, -0.1) is 35.0 Å². The number of carbonyl (C=O) groups excluding carboxylic acids is 1. The van der Waals surface area contributed by atoms with E-state index in [2.05, 4.69) is 32.7 Å². The van der Waals surface area contributed by atoms with Crippen LogP contribution in [0.15, 0.2) is 12.1 Å². The van der Waals surface area contributed by atoms with Crippen LogP contribution in [0.3, 0.4) is 0 Å². The van der Waals surface area contributed by atoms with Crippen molar-refractivity contribution in [3.05, 3.63) is 17.8 Å². The van der Waals surface area contributed by atoms with Crippen LogP contribution in [0, 0.1) is 0 Å². The second-order valence-corrected chi connectivity index (χ2v) is 4.98. The van der Waals surface area contributed by atoms with Crippen LogP contribution in [0.5, 0.6) is 0 Å². The first-order chi connectivity index (χ1) is 9.81. The van der Waals surface area contributed by atoms with Gasteiger partial charge in [0.05, 0.1) is 0 Å². The Balaban J connectivity index is 0.00000220. The lowest BCUT2D eigenvalue weighted by Crippen LogP contribution is -2.32. The van der Waals surface area contributed by atoms with Crippen molar-refractivity contribution in [2.24, 2.45) is 0 Å². The first-order valence-corrected chi connectivity index (χ1v) is 7.39. The fourth-order valence-corrected chi connectivity index (χ4v) is 2.22. The Hall–Kier alpha value is -1.11. The molecule has 8 heteroatoms. The molecule has 22 heavy (non-hydrogen) atoms. The summed E-state index contributed by atoms with van der Waals surface area (Å²) in [6.07, 6.45) is 3.50. The second-order valence-electron chi connectivity index (χ2n) is 4.98. The quantitative estimate of drug-likeness (QED) is 0.732. The van der Waals surface area contributed by atoms with Crippen LogP contribution in [0.25, 0.3) is 0 Å². The molecule has 1 amide bonds. The molecular formula is C14H25Cl2N5O. The van der Waals surface area contributed by atoms with Crippen LogP contribution in [0.4, 0.5) is 5.82 Å². The van der Waals surface area contributed by atoms with Gasteiger partial charge in [-0.1, -0.05) is 6.92 Å². The van der Waals surface area contributed by atoms with E-state index >= 15 is 0 Å². The SMILES string of the molecule is CCCNCCNC(=O)c1ccc(N2CCCC2)nn1.Cl.Cl. The Labute approximate surface area is 144 Å². The van der Waals surface area contributed by atoms with Gasteiger partial charge in [0.15, 0.2) is 11.5 Å². The van der Waals surface area contributed by atoms with Crippen LogP contribution in [0.2, 0.25) is 0 Å². The molecule has 2 rings (SSSR count). The molecule has 0 bridgehead atoms. The lowest BCUT2D eigenvalue weighted by Gasteiger charge is -2.15. The van der Waals surface area contributed by atoms with Gasteiger partial charge in [0.1, 0.15) is 0 Å². The molecule has 0 unspecified atom stereocenters. The molecule has 0 saturated carbocycles. The highest BCUT2D eigenvalue weighted by Crippen LogP contribution is 2.16. The Morgan fingerprint density at radius 2 is 1.86 bits per heavy atom. The number of nitrogens with one attached hydrogen (secondary N) is 2. The molecule has 0 aliphatic carbocycles. The minimum absolute atomic E-state index is 0. The van der Waals surface area contributed by atoms with Gasteiger partial charge in [-0.05, 0) is 37.9 Å². The zero-order valence-electron chi connectivity index (χ0n) is 12.9. The van der Waals surface area contributed by atoms with Crippen LogP contribution in [-0.2, 0) is 0 Å². The first-order valence-electron chi connectivity index (χ1n) is 7.39. The van der Waals surface area contributed by atoms with E-state index in [-0.39, 0.29) is 30.7 Å². The van der Waals surface area contributed by atoms with Crippen LogP contribution < -0.4 is 15.5 Å². The third-order valence-electron chi connectivity index (χ3n) is 3.33. The van der Waals surface area contributed by atoms with Gasteiger partial charge in [-0.3, -0.25) is 4.79 Å². The Morgan fingerprint density at radius 3 is 2.45 bits per heavy atom. The number of hydrogen-bond donors (Lipinski definition) is 2. The monoisotopic (exact) mass is 349 g/mol. The molecule has 1 fully saturated rings. The largest absolute Gasteiger partial charge is 0.355 e. The molecular weight excluding hydrogens is 325 g/mol. The normalized spacial score (nSPS) is 13.2. The predicted molar refractivity (Wildman–Crippen MR) is 93.5 cm³/mol. The van der Waals surface area contributed by atoms with Gasteiger partial charge >= 0.3 is 0 Å². The number of aromatic nitrogens is 2. The van der Waals surface area contributed by atoms with Gasteiger partial charge in [-0.25, -0.2) is 0 Å². The molecule has 0 radical (unpaired) electrons. The lowest BCUT2D eigenvalue weighted by atomic mass is 10.3. The number of amides is 1. The number of nitrogens with zero attached hydrogens (tertiary/aromatic N) is 3. The van der Waals surface area contributed by atoms with Crippen LogP contribution in [0.1, 0.15) is 36.7 Å². The smallest absolute Gasteiger partial charge is 0.271 e. The van der Waals surface area contributed by atoms with Crippen molar-refractivity contribution < 1.29 is 4.79 Å². The van der Waals surface area contributed by atoms with Crippen molar-refractivity contribution in [1.29, 1.82) is 0 Å². The molecule has 0 spiro atoms. The van der Waals surface area contributed by atoms with E-state index in [4.69, 9.17) is 0 Å². The van der Waals surface area contributed by atoms with E-state index in [1.807, 2.05) is 6.07 Å². The average Bonchev–Trinajstić information content (AvgIpc) is 3.01. The minimum Gasteiger partial charge on any atom is -0.355 e. The molecule has 126 valence electrons. The maximum atomic E-state index is 11.9. The number of hydrogen-bond acceptors (Lipinski definition) is 5. The van der Waals surface area contributed by atoms with Gasteiger partial charge in [0, 0.05) is 26.2 Å². The Morgan fingerprint density at radius 1 is 1.14 bits per heavy atom. The molecule has 1 aromatic rings. The topological polar surface area (TPSA) is 70.2 Å². The van der Waals surface area contributed by atoms with Crippen molar-refractivity contribution in [1.82, 2.24) is 20.8 Å². The molecule has 1 aliphatic heterocycles. The molecule has 2 N–H and O–H groups in total. The van der Waals surface area contributed by atoms with Crippen molar-refractivity contribution in [3.8, 4) is 0 Å². The summed E-state index contributed by atoms with van der Waals surface area (Å²) in [7, 11) is 0. The van der Waals surface area contributed by atoms with E-state index in [0.717, 1.165) is 38.4 Å². The molecule has 1 saturated heterocycles. The summed E-state index contributed by atoms with van der Waals surface area (Å²) in [5, 5.41) is 14.2. The zero-order valence-corrected chi connectivity index (χ0v) is 14.5. The van der Waals surface area contributed by atoms with Crippen molar-refractivity contribution in [2.75, 3.05) is 37.6 Å². The maximum Gasteiger partial charge on any atom is 0.271 e. The Kier molecular flexibility index (Phi) is 10.9. The predicted octanol–water partition coefficient (Wildman–Crippen LogP) is 1.65. The van der Waals surface area contributed by atoms with E-state index in [9.17, 15) is 4.79 Å². The Bertz CT molecular complexity index is 424. The van der Waals surface area contributed by atoms with E-state index in [0.29, 0.717) is 12.2 Å². The highest BCUT2D eigenvalue weighted by Gasteiger charge is 2.15. The summed E-state index contributed by atoms with van der Waals surface area (Å²) in [6, 6.07) is 3.62. The highest BCUT2D eigenvalue weighted by atomic mass is 35.5. The second kappa shape index (κ2) is 11.5. The first kappa shape index (κ1) is 20.9. The van der Waals surface area contributed by atoms with Gasteiger partial charge in [0.25, 0.3) is 5.91 Å². The van der Waals surface area contributed by atoms with Gasteiger partial charge in [0.2, 0.25) is 0 Å². The zero-order chi connectivity index (χ0) is 14.2. The lowest BCUT2D eigenvalue weighted by molar-refractivity contribution is 0.0948. The number of anilines is 1. The van der Waals surface area contributed by atoms with Crippen LogP contribution in [-0.4, -0.2) is 48.8 Å². The van der Waals surface area contributed by atoms with E-state index in [1.54, 1.807) is 6.07 Å². The average molecular weight is 350 g/mol. The summed E-state index contributed by atoms with van der Waals surface area (Å²) in [5.74, 6) is 0.701. The van der Waals surface area contributed by atoms with Crippen molar-refractivity contribution in [2.45, 2.75) is 26.2 Å². The third-order valence-corrected chi connectivity index (χ3v) is 3.33. The van der Waals surface area contributed by atoms with Gasteiger partial charge in [-0.2, -0.15) is 0 Å². The van der Waals surface area contributed by atoms with E-state index < -0.39 is 0 Å². The van der Waals surface area contributed by atoms with E-state index in [1.165, 1.54) is 12.8 Å². The summed E-state index contributed by atoms with van der Waals surface area (Å²) in [6.45, 7) is 6.53. The molecule has 1 aliphatic rings. The number of carbonyl (C=O) groups is 1. The van der Waals surface area contributed by atoms with Crippen molar-refractivity contribution in [3.63, 3.8) is 0 Å². The molecule has 0 atom stereocenters. The number of halogens is 2. The summed E-state index contributed by atoms with van der Waals surface area (Å²) in [4.78, 5) is 14.1. The minimum atomic E-state index is -0.163. The summed E-state index contributed by atoms with van der Waals surface area (Å²) in [5.41, 5.74) is 0.378. The standard InChI is InChI=1S/C14H23N5O.2ClH/c1-2-7-15-8-9-16-14(20)12-5-6-13(18-17-12)19-10-3-4-11-19;;/h5-6,15H,2-4,7-11H2,1H3,(H,16,20);2*1H. The summed E-state index contributed by atoms with van der Waals surface area (Å²) < 4.78 is 0. The van der Waals surface area contributed by atoms with Crippen LogP contribution >= 0.6 is 24.8 Å². The highest BCUT2D eigenvalue weighted by molar-refractivity contribution is 5.92.